The van der Waals surface area contributed by atoms with Crippen LogP contribution in [0.15, 0.2) is 36.7 Å². The molecule has 0 bridgehead atoms. The Balaban J connectivity index is 1.44. The molecule has 0 radical (unpaired) electrons. The summed E-state index contributed by atoms with van der Waals surface area (Å²) >= 11 is 0. The van der Waals surface area contributed by atoms with Crippen molar-refractivity contribution in [1.82, 2.24) is 25.5 Å². The maximum Gasteiger partial charge on any atom is 0.158 e. The third-order valence-corrected chi connectivity index (χ3v) is 5.01. The molecule has 0 unspecified atom stereocenters. The second kappa shape index (κ2) is 9.24. The van der Waals surface area contributed by atoms with Crippen molar-refractivity contribution in [1.29, 1.82) is 5.26 Å². The summed E-state index contributed by atoms with van der Waals surface area (Å²) in [5.74, 6) is 3.16. The SMILES string of the molecule is COc1cc(OCC2CCNCC2)ccc1-c1cc(Nc2cnc(C#N)cn2)n[nH]1. The molecule has 2 aromatic heterocycles. The van der Waals surface area contributed by atoms with Crippen molar-refractivity contribution in [2.45, 2.75) is 12.8 Å². The Morgan fingerprint density at radius 3 is 2.77 bits per heavy atom. The van der Waals surface area contributed by atoms with Crippen LogP contribution in [0.5, 0.6) is 11.5 Å². The van der Waals surface area contributed by atoms with E-state index in [1.165, 1.54) is 12.4 Å². The van der Waals surface area contributed by atoms with Gasteiger partial charge in [-0.25, -0.2) is 9.97 Å². The van der Waals surface area contributed by atoms with Gasteiger partial charge in [-0.3, -0.25) is 5.10 Å². The molecule has 1 saturated heterocycles. The number of nitrogens with one attached hydrogen (secondary N) is 3. The van der Waals surface area contributed by atoms with Crippen LogP contribution in [0.3, 0.4) is 0 Å². The maximum atomic E-state index is 8.80. The van der Waals surface area contributed by atoms with E-state index in [9.17, 15) is 0 Å². The van der Waals surface area contributed by atoms with Crippen molar-refractivity contribution in [2.75, 3.05) is 32.1 Å². The number of methoxy groups -OCH3 is 1. The normalized spacial score (nSPS) is 14.1. The number of rotatable bonds is 7. The zero-order valence-electron chi connectivity index (χ0n) is 16.7. The van der Waals surface area contributed by atoms with Crippen molar-refractivity contribution in [3.05, 3.63) is 42.4 Å². The van der Waals surface area contributed by atoms with Gasteiger partial charge in [-0.05, 0) is 44.0 Å². The molecule has 30 heavy (non-hydrogen) atoms. The summed E-state index contributed by atoms with van der Waals surface area (Å²) in [6.07, 6.45) is 5.18. The Bertz CT molecular complexity index is 1020. The van der Waals surface area contributed by atoms with Gasteiger partial charge in [0.2, 0.25) is 0 Å². The summed E-state index contributed by atoms with van der Waals surface area (Å²) in [5.41, 5.74) is 1.93. The minimum Gasteiger partial charge on any atom is -0.496 e. The predicted molar refractivity (Wildman–Crippen MR) is 112 cm³/mol. The fraction of sp³-hybridized carbons (Fsp3) is 0.333. The minimum absolute atomic E-state index is 0.260. The van der Waals surface area contributed by atoms with Crippen LogP contribution in [-0.2, 0) is 0 Å². The first kappa shape index (κ1) is 19.7. The van der Waals surface area contributed by atoms with Crippen LogP contribution in [-0.4, -0.2) is 47.0 Å². The summed E-state index contributed by atoms with van der Waals surface area (Å²) in [4.78, 5) is 8.12. The highest BCUT2D eigenvalue weighted by Crippen LogP contribution is 2.33. The minimum atomic E-state index is 0.260. The van der Waals surface area contributed by atoms with Gasteiger partial charge >= 0.3 is 0 Å². The third-order valence-electron chi connectivity index (χ3n) is 5.01. The highest BCUT2D eigenvalue weighted by atomic mass is 16.5. The third kappa shape index (κ3) is 4.67. The topological polar surface area (TPSA) is 121 Å². The molecule has 1 aliphatic heterocycles. The lowest BCUT2D eigenvalue weighted by Gasteiger charge is -2.22. The largest absolute Gasteiger partial charge is 0.496 e. The number of ether oxygens (including phenoxy) is 2. The van der Waals surface area contributed by atoms with E-state index in [-0.39, 0.29) is 5.69 Å². The Morgan fingerprint density at radius 2 is 2.03 bits per heavy atom. The fourth-order valence-electron chi connectivity index (χ4n) is 3.35. The molecule has 154 valence electrons. The average Bonchev–Trinajstić information content (AvgIpc) is 3.27. The second-order valence-electron chi connectivity index (χ2n) is 7.06. The highest BCUT2D eigenvalue weighted by Gasteiger charge is 2.15. The number of anilines is 2. The molecule has 3 aromatic rings. The Kier molecular flexibility index (Phi) is 6.06. The first-order valence-corrected chi connectivity index (χ1v) is 9.81. The van der Waals surface area contributed by atoms with Crippen molar-refractivity contribution in [2.24, 2.45) is 5.92 Å². The van der Waals surface area contributed by atoms with Gasteiger partial charge in [0.25, 0.3) is 0 Å². The molecule has 3 heterocycles. The summed E-state index contributed by atoms with van der Waals surface area (Å²) in [6.45, 7) is 2.83. The van der Waals surface area contributed by atoms with Crippen LogP contribution < -0.4 is 20.1 Å². The molecule has 3 N–H and O–H groups in total. The van der Waals surface area contributed by atoms with E-state index in [1.54, 1.807) is 7.11 Å². The Labute approximate surface area is 174 Å². The van der Waals surface area contributed by atoms with Crippen LogP contribution in [0.2, 0.25) is 0 Å². The highest BCUT2D eigenvalue weighted by molar-refractivity contribution is 5.71. The zero-order chi connectivity index (χ0) is 20.8. The van der Waals surface area contributed by atoms with Gasteiger partial charge in [0, 0.05) is 17.7 Å². The quantitative estimate of drug-likeness (QED) is 0.549. The first-order chi connectivity index (χ1) is 14.7. The molecular formula is C21H23N7O2. The smallest absolute Gasteiger partial charge is 0.158 e. The number of nitrogens with zero attached hydrogens (tertiary/aromatic N) is 4. The average molecular weight is 405 g/mol. The zero-order valence-corrected chi connectivity index (χ0v) is 16.7. The summed E-state index contributed by atoms with van der Waals surface area (Å²) in [5, 5.41) is 22.5. The molecule has 9 heteroatoms. The second-order valence-corrected chi connectivity index (χ2v) is 7.06. The number of aromatic amines is 1. The van der Waals surface area contributed by atoms with E-state index in [2.05, 4.69) is 30.8 Å². The van der Waals surface area contributed by atoms with Gasteiger partial charge in [-0.15, -0.1) is 0 Å². The summed E-state index contributed by atoms with van der Waals surface area (Å²) in [6, 6.07) is 9.59. The van der Waals surface area contributed by atoms with Gasteiger partial charge in [-0.1, -0.05) is 0 Å². The van der Waals surface area contributed by atoms with Gasteiger partial charge in [0.1, 0.15) is 23.4 Å². The molecule has 0 spiro atoms. The lowest BCUT2D eigenvalue weighted by atomic mass is 9.99. The molecule has 0 amide bonds. The molecular weight excluding hydrogens is 382 g/mol. The predicted octanol–water partition coefficient (Wildman–Crippen LogP) is 2.87. The number of aromatic nitrogens is 4. The molecule has 0 atom stereocenters. The van der Waals surface area contributed by atoms with Crippen molar-refractivity contribution >= 4 is 11.6 Å². The molecule has 1 fully saturated rings. The van der Waals surface area contributed by atoms with E-state index in [0.29, 0.717) is 29.9 Å². The van der Waals surface area contributed by atoms with E-state index in [0.717, 1.165) is 42.9 Å². The number of hydrogen-bond donors (Lipinski definition) is 3. The Morgan fingerprint density at radius 1 is 1.17 bits per heavy atom. The summed E-state index contributed by atoms with van der Waals surface area (Å²) in [7, 11) is 1.64. The van der Waals surface area contributed by atoms with Crippen molar-refractivity contribution < 1.29 is 9.47 Å². The molecule has 1 aromatic carbocycles. The fourth-order valence-corrected chi connectivity index (χ4v) is 3.35. The molecule has 9 nitrogen and oxygen atoms in total. The number of piperidine rings is 1. The first-order valence-electron chi connectivity index (χ1n) is 9.81. The summed E-state index contributed by atoms with van der Waals surface area (Å²) < 4.78 is 11.6. The standard InChI is InChI=1S/C21H23N7O2/c1-29-19-8-16(30-13-14-4-6-23-7-5-14)2-3-17(19)18-9-20(28-27-18)26-21-12-24-15(10-22)11-25-21/h2-3,8-9,11-12,14,23H,4-7,13H2,1H3,(H2,25,26,27,28). The van der Waals surface area contributed by atoms with Gasteiger partial charge in [0.15, 0.2) is 11.5 Å². The van der Waals surface area contributed by atoms with Crippen LogP contribution in [0.25, 0.3) is 11.3 Å². The van der Waals surface area contributed by atoms with Crippen LogP contribution in [0.4, 0.5) is 11.6 Å². The lowest BCUT2D eigenvalue weighted by Crippen LogP contribution is -2.30. The van der Waals surface area contributed by atoms with E-state index >= 15 is 0 Å². The van der Waals surface area contributed by atoms with Gasteiger partial charge in [0.05, 0.1) is 31.8 Å². The van der Waals surface area contributed by atoms with Crippen molar-refractivity contribution in [3.8, 4) is 28.8 Å². The lowest BCUT2D eigenvalue weighted by molar-refractivity contribution is 0.214. The van der Waals surface area contributed by atoms with E-state index in [4.69, 9.17) is 14.7 Å². The van der Waals surface area contributed by atoms with Crippen LogP contribution in [0, 0.1) is 17.2 Å². The monoisotopic (exact) mass is 405 g/mol. The number of H-pyrrole nitrogens is 1. The van der Waals surface area contributed by atoms with Crippen molar-refractivity contribution in [3.63, 3.8) is 0 Å². The molecule has 1 aliphatic rings. The van der Waals surface area contributed by atoms with Gasteiger partial charge < -0.3 is 20.1 Å². The van der Waals surface area contributed by atoms with Crippen LogP contribution in [0.1, 0.15) is 18.5 Å². The Hall–Kier alpha value is -3.64. The number of nitriles is 1. The molecule has 0 saturated carbocycles. The molecule has 0 aliphatic carbocycles. The number of benzene rings is 1. The number of hydrogen-bond acceptors (Lipinski definition) is 8. The molecule has 4 rings (SSSR count). The maximum absolute atomic E-state index is 8.80. The van der Waals surface area contributed by atoms with E-state index in [1.807, 2.05) is 30.3 Å². The van der Waals surface area contributed by atoms with Crippen LogP contribution >= 0.6 is 0 Å². The van der Waals surface area contributed by atoms with Gasteiger partial charge in [-0.2, -0.15) is 10.4 Å². The van der Waals surface area contributed by atoms with E-state index < -0.39 is 0 Å².